The lowest BCUT2D eigenvalue weighted by Gasteiger charge is -2.23. The number of ether oxygens (including phenoxy) is 2. The number of nitrogen functional groups attached to an aromatic ring is 1. The summed E-state index contributed by atoms with van der Waals surface area (Å²) in [5.74, 6) is -0.142. The maximum absolute atomic E-state index is 11.3. The molecule has 156 valence electrons. The molecule has 1 aliphatic rings. The largest absolute Gasteiger partial charge is 0.375 e. The van der Waals surface area contributed by atoms with Crippen LogP contribution in [0.15, 0.2) is 6.33 Å². The highest BCUT2D eigenvalue weighted by Gasteiger charge is 2.39. The van der Waals surface area contributed by atoms with E-state index in [0.717, 1.165) is 19.1 Å². The third-order valence-electron chi connectivity index (χ3n) is 4.48. The highest BCUT2D eigenvalue weighted by atomic mass is 35.5. The van der Waals surface area contributed by atoms with Gasteiger partial charge in [-0.25, -0.2) is 4.98 Å². The zero-order valence-corrected chi connectivity index (χ0v) is 17.3. The lowest BCUT2D eigenvalue weighted by atomic mass is 10.0. The molecular weight excluding hydrogens is 410 g/mol. The van der Waals surface area contributed by atoms with E-state index in [4.69, 9.17) is 31.0 Å². The zero-order chi connectivity index (χ0) is 20.3. The van der Waals surface area contributed by atoms with Gasteiger partial charge in [-0.3, -0.25) is 4.18 Å². The molecule has 2 aromatic rings. The predicted molar refractivity (Wildman–Crippen MR) is 103 cm³/mol. The van der Waals surface area contributed by atoms with Crippen molar-refractivity contribution in [3.63, 3.8) is 0 Å². The van der Waals surface area contributed by atoms with E-state index in [1.54, 1.807) is 10.9 Å². The molecule has 0 spiro atoms. The molecule has 0 saturated carbocycles. The van der Waals surface area contributed by atoms with Gasteiger partial charge in [0.25, 0.3) is 10.1 Å². The smallest absolute Gasteiger partial charge is 0.264 e. The number of unbranched alkanes of at least 4 members (excludes halogenated alkanes) is 1. The summed E-state index contributed by atoms with van der Waals surface area (Å²) in [5, 5.41) is 0.184. The van der Waals surface area contributed by atoms with Crippen LogP contribution in [0.25, 0.3) is 11.2 Å². The van der Waals surface area contributed by atoms with Crippen LogP contribution in [0.1, 0.15) is 19.8 Å². The number of imidazole rings is 1. The van der Waals surface area contributed by atoms with Crippen LogP contribution in [0.3, 0.4) is 0 Å². The van der Waals surface area contributed by atoms with Crippen molar-refractivity contribution in [3.8, 4) is 0 Å². The summed E-state index contributed by atoms with van der Waals surface area (Å²) >= 11 is 6.08. The minimum Gasteiger partial charge on any atom is -0.375 e. The Kier molecular flexibility index (Phi) is 6.71. The Bertz CT molecular complexity index is 922. The molecule has 12 heteroatoms. The molecule has 28 heavy (non-hydrogen) atoms. The molecule has 1 saturated heterocycles. The Hall–Kier alpha value is -1.53. The molecule has 2 aromatic heterocycles. The van der Waals surface area contributed by atoms with E-state index in [2.05, 4.69) is 21.9 Å². The molecule has 10 nitrogen and oxygen atoms in total. The van der Waals surface area contributed by atoms with Gasteiger partial charge in [-0.2, -0.15) is 18.4 Å². The van der Waals surface area contributed by atoms with Crippen molar-refractivity contribution in [2.75, 3.05) is 31.8 Å². The second-order valence-corrected chi connectivity index (χ2v) is 8.75. The van der Waals surface area contributed by atoms with E-state index >= 15 is 0 Å². The number of nitrogens with two attached hydrogens (primary N) is 1. The molecule has 2 unspecified atom stereocenters. The van der Waals surface area contributed by atoms with Gasteiger partial charge in [0.1, 0.15) is 11.6 Å². The Morgan fingerprint density at radius 1 is 1.43 bits per heavy atom. The number of halogens is 1. The molecule has 1 aliphatic heterocycles. The van der Waals surface area contributed by atoms with E-state index in [0.29, 0.717) is 30.9 Å². The third-order valence-corrected chi connectivity index (χ3v) is 5.30. The molecule has 0 aliphatic carbocycles. The molecule has 3 heterocycles. The molecule has 0 radical (unpaired) electrons. The van der Waals surface area contributed by atoms with Crippen LogP contribution in [0.2, 0.25) is 5.15 Å². The number of hydrogen-bond donors (Lipinski definition) is 1. The summed E-state index contributed by atoms with van der Waals surface area (Å²) in [4.78, 5) is 12.3. The molecule has 3 atom stereocenters. The van der Waals surface area contributed by atoms with Crippen molar-refractivity contribution in [2.45, 2.75) is 38.5 Å². The van der Waals surface area contributed by atoms with Gasteiger partial charge in [0.05, 0.1) is 38.4 Å². The van der Waals surface area contributed by atoms with E-state index in [1.807, 2.05) is 0 Å². The van der Waals surface area contributed by atoms with Crippen LogP contribution in [0.4, 0.5) is 5.95 Å². The Balaban J connectivity index is 1.77. The van der Waals surface area contributed by atoms with Crippen molar-refractivity contribution >= 4 is 38.8 Å². The minimum atomic E-state index is -3.54. The lowest BCUT2D eigenvalue weighted by Crippen LogP contribution is -2.35. The van der Waals surface area contributed by atoms with E-state index in [-0.39, 0.29) is 35.8 Å². The van der Waals surface area contributed by atoms with Gasteiger partial charge in [0.2, 0.25) is 5.95 Å². The summed E-state index contributed by atoms with van der Waals surface area (Å²) in [7, 11) is -3.54. The Morgan fingerprint density at radius 2 is 2.21 bits per heavy atom. The normalized spacial score (nSPS) is 22.9. The number of aromatic nitrogens is 4. The average Bonchev–Trinajstić information content (AvgIpc) is 3.18. The topological polar surface area (TPSA) is 131 Å². The van der Waals surface area contributed by atoms with Gasteiger partial charge in [0.15, 0.2) is 10.8 Å². The highest BCUT2D eigenvalue weighted by Crippen LogP contribution is 2.28. The van der Waals surface area contributed by atoms with E-state index < -0.39 is 10.1 Å². The van der Waals surface area contributed by atoms with Crippen molar-refractivity contribution in [2.24, 2.45) is 5.92 Å². The molecular formula is C16H24ClN5O5S. The maximum atomic E-state index is 11.3. The van der Waals surface area contributed by atoms with Gasteiger partial charge in [-0.05, 0) is 6.42 Å². The van der Waals surface area contributed by atoms with Gasteiger partial charge in [-0.1, -0.05) is 24.9 Å². The highest BCUT2D eigenvalue weighted by molar-refractivity contribution is 7.85. The van der Waals surface area contributed by atoms with E-state index in [1.165, 1.54) is 0 Å². The van der Waals surface area contributed by atoms with Gasteiger partial charge < -0.3 is 19.8 Å². The van der Waals surface area contributed by atoms with Crippen LogP contribution >= 0.6 is 11.6 Å². The van der Waals surface area contributed by atoms with Crippen molar-refractivity contribution in [3.05, 3.63) is 11.5 Å². The molecule has 0 aromatic carbocycles. The predicted octanol–water partition coefficient (Wildman–Crippen LogP) is 1.24. The molecule has 0 amide bonds. The SMILES string of the molecule is CCCCOC1C(Cn2cnc3c(Cl)nc(N)nc32)OC[C@H]1COS(C)(=O)=O. The maximum Gasteiger partial charge on any atom is 0.264 e. The van der Waals surface area contributed by atoms with Crippen molar-refractivity contribution in [1.82, 2.24) is 19.5 Å². The quantitative estimate of drug-likeness (QED) is 0.352. The number of nitrogens with zero attached hydrogens (tertiary/aromatic N) is 4. The fraction of sp³-hybridized carbons (Fsp3) is 0.688. The van der Waals surface area contributed by atoms with Crippen LogP contribution in [-0.4, -0.2) is 66.2 Å². The standard InChI is InChI=1S/C16H24ClN5O5S/c1-3-4-5-25-13-10(8-27-28(2,23)24)7-26-11(13)6-22-9-19-12-14(17)20-16(18)21-15(12)22/h9-11,13H,3-8H2,1-2H3,(H2,18,20,21)/t10-,11?,13?/m0/s1. The second-order valence-electron chi connectivity index (χ2n) is 6.75. The van der Waals surface area contributed by atoms with Crippen molar-refractivity contribution < 1.29 is 22.1 Å². The molecule has 0 bridgehead atoms. The first kappa shape index (κ1) is 21.2. The average molecular weight is 434 g/mol. The molecule has 1 fully saturated rings. The number of rotatable bonds is 9. The zero-order valence-electron chi connectivity index (χ0n) is 15.7. The summed E-state index contributed by atoms with van der Waals surface area (Å²) in [6.07, 6.45) is 3.87. The monoisotopic (exact) mass is 433 g/mol. The van der Waals surface area contributed by atoms with Gasteiger partial charge in [-0.15, -0.1) is 0 Å². The third kappa shape index (κ3) is 5.09. The van der Waals surface area contributed by atoms with Crippen LogP contribution in [-0.2, 0) is 30.3 Å². The second kappa shape index (κ2) is 8.87. The number of fused-ring (bicyclic) bond motifs is 1. The summed E-state index contributed by atoms with van der Waals surface area (Å²) in [6, 6.07) is 0. The number of anilines is 1. The fourth-order valence-corrected chi connectivity index (χ4v) is 3.75. The summed E-state index contributed by atoms with van der Waals surface area (Å²) in [6.45, 7) is 3.37. The first-order chi connectivity index (χ1) is 13.3. The summed E-state index contributed by atoms with van der Waals surface area (Å²) in [5.41, 5.74) is 6.65. The minimum absolute atomic E-state index is 0.0117. The first-order valence-corrected chi connectivity index (χ1v) is 11.2. The first-order valence-electron chi connectivity index (χ1n) is 9.00. The van der Waals surface area contributed by atoms with Gasteiger partial charge >= 0.3 is 0 Å². The molecule has 3 rings (SSSR count). The summed E-state index contributed by atoms with van der Waals surface area (Å²) < 4.78 is 41.4. The van der Waals surface area contributed by atoms with E-state index in [9.17, 15) is 8.42 Å². The van der Waals surface area contributed by atoms with Crippen LogP contribution in [0.5, 0.6) is 0 Å². The van der Waals surface area contributed by atoms with Crippen LogP contribution < -0.4 is 5.73 Å². The van der Waals surface area contributed by atoms with Crippen LogP contribution in [0, 0.1) is 5.92 Å². The fourth-order valence-electron chi connectivity index (χ4n) is 3.11. The van der Waals surface area contributed by atoms with Gasteiger partial charge in [0, 0.05) is 12.5 Å². The Labute approximate surface area is 168 Å². The number of hydrogen-bond acceptors (Lipinski definition) is 9. The lowest BCUT2D eigenvalue weighted by molar-refractivity contribution is -0.0289. The van der Waals surface area contributed by atoms with Crippen molar-refractivity contribution in [1.29, 1.82) is 0 Å². The Morgan fingerprint density at radius 3 is 2.93 bits per heavy atom. The molecule has 2 N–H and O–H groups in total.